The Bertz CT molecular complexity index is 949. The molecule has 3 atom stereocenters. The SMILES string of the molecule is COc1ccc2cc(C(C)/C(O)=C3\C(=O)OC(CC(C)SC)C3=O)ccc2c1. The van der Waals surface area contributed by atoms with Crippen molar-refractivity contribution in [3.63, 3.8) is 0 Å². The predicted molar refractivity (Wildman–Crippen MR) is 111 cm³/mol. The van der Waals surface area contributed by atoms with E-state index in [2.05, 4.69) is 0 Å². The molecule has 6 heteroatoms. The normalized spacial score (nSPS) is 20.8. The molecule has 3 unspecified atom stereocenters. The summed E-state index contributed by atoms with van der Waals surface area (Å²) in [5, 5.41) is 12.9. The number of carbonyl (C=O) groups is 2. The van der Waals surface area contributed by atoms with Gasteiger partial charge in [-0.2, -0.15) is 11.8 Å². The van der Waals surface area contributed by atoms with E-state index in [1.165, 1.54) is 0 Å². The van der Waals surface area contributed by atoms with Crippen LogP contribution in [0.5, 0.6) is 5.75 Å². The van der Waals surface area contributed by atoms with Crippen LogP contribution in [0.3, 0.4) is 0 Å². The zero-order valence-electron chi connectivity index (χ0n) is 16.4. The number of allylic oxidation sites excluding steroid dienone is 1. The third kappa shape index (κ3) is 3.87. The van der Waals surface area contributed by atoms with Crippen molar-refractivity contribution in [1.82, 2.24) is 0 Å². The fourth-order valence-electron chi connectivity index (χ4n) is 3.30. The van der Waals surface area contributed by atoms with Gasteiger partial charge in [0.2, 0.25) is 5.78 Å². The van der Waals surface area contributed by atoms with Gasteiger partial charge in [-0.15, -0.1) is 0 Å². The smallest absolute Gasteiger partial charge is 0.346 e. The molecule has 1 N–H and O–H groups in total. The molecule has 2 aromatic carbocycles. The van der Waals surface area contributed by atoms with Gasteiger partial charge in [0.25, 0.3) is 0 Å². The molecule has 5 nitrogen and oxygen atoms in total. The lowest BCUT2D eigenvalue weighted by molar-refractivity contribution is -0.141. The predicted octanol–water partition coefficient (Wildman–Crippen LogP) is 4.40. The van der Waals surface area contributed by atoms with Gasteiger partial charge in [-0.3, -0.25) is 4.79 Å². The average Bonchev–Trinajstić information content (AvgIpc) is 2.98. The van der Waals surface area contributed by atoms with Gasteiger partial charge in [0.1, 0.15) is 17.1 Å². The molecule has 0 saturated carbocycles. The van der Waals surface area contributed by atoms with Crippen molar-refractivity contribution in [2.75, 3.05) is 13.4 Å². The van der Waals surface area contributed by atoms with Crippen molar-refractivity contribution in [3.05, 3.63) is 53.3 Å². The quantitative estimate of drug-likeness (QED) is 0.335. The molecular weight excluding hydrogens is 376 g/mol. The van der Waals surface area contributed by atoms with Crippen molar-refractivity contribution in [3.8, 4) is 5.75 Å². The molecule has 2 aromatic rings. The second-order valence-corrected chi connectivity index (χ2v) is 8.27. The molecule has 148 valence electrons. The molecule has 0 bridgehead atoms. The number of ketones is 1. The summed E-state index contributed by atoms with van der Waals surface area (Å²) in [5.41, 5.74) is 0.588. The Morgan fingerprint density at radius 1 is 1.18 bits per heavy atom. The third-order valence-corrected chi connectivity index (χ3v) is 6.18. The van der Waals surface area contributed by atoms with Crippen molar-refractivity contribution in [2.24, 2.45) is 0 Å². The molecule has 28 heavy (non-hydrogen) atoms. The Kier molecular flexibility index (Phi) is 5.98. The first kappa shape index (κ1) is 20.3. The Balaban J connectivity index is 1.90. The molecule has 1 fully saturated rings. The van der Waals surface area contributed by atoms with Gasteiger partial charge in [-0.05, 0) is 34.7 Å². The maximum atomic E-state index is 12.6. The minimum atomic E-state index is -0.816. The van der Waals surface area contributed by atoms with Gasteiger partial charge in [0.05, 0.1) is 7.11 Å². The Morgan fingerprint density at radius 3 is 2.54 bits per heavy atom. The number of carbonyl (C=O) groups excluding carboxylic acids is 2. The summed E-state index contributed by atoms with van der Waals surface area (Å²) in [7, 11) is 1.62. The summed E-state index contributed by atoms with van der Waals surface area (Å²) in [6.45, 7) is 3.74. The maximum Gasteiger partial charge on any atom is 0.346 e. The minimum absolute atomic E-state index is 0.179. The first-order valence-electron chi connectivity index (χ1n) is 9.14. The molecule has 0 radical (unpaired) electrons. The van der Waals surface area contributed by atoms with E-state index in [-0.39, 0.29) is 16.6 Å². The number of methoxy groups -OCH3 is 1. The lowest BCUT2D eigenvalue weighted by Crippen LogP contribution is -2.21. The number of hydrogen-bond acceptors (Lipinski definition) is 6. The van der Waals surface area contributed by atoms with Gasteiger partial charge < -0.3 is 14.6 Å². The zero-order valence-corrected chi connectivity index (χ0v) is 17.2. The average molecular weight is 400 g/mol. The highest BCUT2D eigenvalue weighted by molar-refractivity contribution is 7.99. The molecule has 0 aliphatic carbocycles. The summed E-state index contributed by atoms with van der Waals surface area (Å²) < 4.78 is 10.5. The summed E-state index contributed by atoms with van der Waals surface area (Å²) >= 11 is 1.60. The van der Waals surface area contributed by atoms with Crippen LogP contribution in [0.2, 0.25) is 0 Å². The van der Waals surface area contributed by atoms with Crippen LogP contribution in [0.15, 0.2) is 47.7 Å². The van der Waals surface area contributed by atoms with Crippen LogP contribution in [0, 0.1) is 0 Å². The van der Waals surface area contributed by atoms with E-state index in [0.29, 0.717) is 6.42 Å². The standard InChI is InChI=1S/C22H24O5S/c1-12(28-4)9-18-21(24)19(22(25)27-18)20(23)13(2)14-5-6-16-11-17(26-3)8-7-15(16)10-14/h5-8,10-13,18,23H,9H2,1-4H3/b20-19+. The van der Waals surface area contributed by atoms with Crippen molar-refractivity contribution < 1.29 is 24.2 Å². The van der Waals surface area contributed by atoms with Crippen LogP contribution in [-0.4, -0.2) is 41.6 Å². The van der Waals surface area contributed by atoms with E-state index < -0.39 is 23.8 Å². The number of fused-ring (bicyclic) bond motifs is 1. The number of thioether (sulfide) groups is 1. The fraction of sp³-hybridized carbons (Fsp3) is 0.364. The number of aliphatic hydroxyl groups is 1. The van der Waals surface area contributed by atoms with Gasteiger partial charge in [0, 0.05) is 17.6 Å². The molecule has 0 spiro atoms. The largest absolute Gasteiger partial charge is 0.511 e. The Hall–Kier alpha value is -2.47. The number of aliphatic hydroxyl groups excluding tert-OH is 1. The third-order valence-electron chi connectivity index (χ3n) is 5.18. The van der Waals surface area contributed by atoms with Gasteiger partial charge in [-0.1, -0.05) is 38.1 Å². The van der Waals surface area contributed by atoms with E-state index in [4.69, 9.17) is 9.47 Å². The number of Topliss-reactive ketones (excluding diaryl/α,β-unsaturated/α-hetero) is 1. The first-order chi connectivity index (χ1) is 13.3. The van der Waals surface area contributed by atoms with Crippen LogP contribution in [-0.2, 0) is 14.3 Å². The highest BCUT2D eigenvalue weighted by Crippen LogP contribution is 2.33. The van der Waals surface area contributed by atoms with E-state index in [1.807, 2.05) is 49.6 Å². The van der Waals surface area contributed by atoms with Crippen LogP contribution < -0.4 is 4.74 Å². The molecule has 1 heterocycles. The van der Waals surface area contributed by atoms with E-state index in [9.17, 15) is 14.7 Å². The van der Waals surface area contributed by atoms with Crippen LogP contribution in [0.4, 0.5) is 0 Å². The van der Waals surface area contributed by atoms with Crippen molar-refractivity contribution in [2.45, 2.75) is 37.5 Å². The zero-order chi connectivity index (χ0) is 20.4. The lowest BCUT2D eigenvalue weighted by atomic mass is 9.92. The van der Waals surface area contributed by atoms with E-state index in [1.54, 1.807) is 25.8 Å². The molecule has 3 rings (SSSR count). The number of benzene rings is 2. The van der Waals surface area contributed by atoms with Crippen LogP contribution in [0.25, 0.3) is 10.8 Å². The summed E-state index contributed by atoms with van der Waals surface area (Å²) in [6, 6.07) is 11.5. The monoisotopic (exact) mass is 400 g/mol. The lowest BCUT2D eigenvalue weighted by Gasteiger charge is -2.14. The van der Waals surface area contributed by atoms with Crippen LogP contribution in [0.1, 0.15) is 31.7 Å². The maximum absolute atomic E-state index is 12.6. The number of esters is 1. The van der Waals surface area contributed by atoms with Gasteiger partial charge >= 0.3 is 5.97 Å². The van der Waals surface area contributed by atoms with E-state index >= 15 is 0 Å². The molecule has 1 aliphatic heterocycles. The van der Waals surface area contributed by atoms with Crippen LogP contribution >= 0.6 is 11.8 Å². The summed E-state index contributed by atoms with van der Waals surface area (Å²) in [6.07, 6.45) is 1.56. The minimum Gasteiger partial charge on any atom is -0.511 e. The number of hydrogen-bond donors (Lipinski definition) is 1. The Morgan fingerprint density at radius 2 is 1.86 bits per heavy atom. The topological polar surface area (TPSA) is 72.8 Å². The van der Waals surface area contributed by atoms with E-state index in [0.717, 1.165) is 22.1 Å². The number of cyclic esters (lactones) is 1. The van der Waals surface area contributed by atoms with Crippen molar-refractivity contribution >= 4 is 34.3 Å². The summed E-state index contributed by atoms with van der Waals surface area (Å²) in [5.74, 6) is -1.14. The number of ether oxygens (including phenoxy) is 2. The molecule has 1 aliphatic rings. The fourth-order valence-corrected chi connectivity index (χ4v) is 3.67. The highest BCUT2D eigenvalue weighted by Gasteiger charge is 2.42. The molecule has 0 aromatic heterocycles. The van der Waals surface area contributed by atoms with Gasteiger partial charge in [-0.25, -0.2) is 4.79 Å². The molecular formula is C22H24O5S. The highest BCUT2D eigenvalue weighted by atomic mass is 32.2. The Labute approximate surface area is 168 Å². The second kappa shape index (κ2) is 8.27. The number of rotatable bonds is 6. The molecule has 0 amide bonds. The van der Waals surface area contributed by atoms with Crippen molar-refractivity contribution in [1.29, 1.82) is 0 Å². The molecule has 1 saturated heterocycles. The van der Waals surface area contributed by atoms with Gasteiger partial charge in [0.15, 0.2) is 6.10 Å². The first-order valence-corrected chi connectivity index (χ1v) is 10.4. The summed E-state index contributed by atoms with van der Waals surface area (Å²) in [4.78, 5) is 24.9. The second-order valence-electron chi connectivity index (χ2n) is 6.99.